The molecule has 1 aromatic carbocycles. The molecule has 0 aliphatic heterocycles. The van der Waals surface area contributed by atoms with Crippen molar-refractivity contribution in [2.45, 2.75) is 25.4 Å². The molecule has 1 N–H and O–H groups in total. The van der Waals surface area contributed by atoms with Crippen LogP contribution in [0.25, 0.3) is 0 Å². The van der Waals surface area contributed by atoms with Gasteiger partial charge in [-0.15, -0.1) is 0 Å². The van der Waals surface area contributed by atoms with Crippen molar-refractivity contribution < 1.29 is 14.3 Å². The Labute approximate surface area is 134 Å². The standard InChI is InChI=1S/C15H13BrFNO2S/c16-13-11(15(19)20)3-4-12(14(13)17)18(10-1-2-10)7-9-5-6-21-8-9/h3-6,8,10H,1-2,7H2,(H,19,20). The first kappa shape index (κ1) is 14.5. The molecule has 21 heavy (non-hydrogen) atoms. The van der Waals surface area contributed by atoms with E-state index >= 15 is 0 Å². The highest BCUT2D eigenvalue weighted by atomic mass is 79.9. The van der Waals surface area contributed by atoms with Crippen LogP contribution in [0.5, 0.6) is 0 Å². The minimum atomic E-state index is -1.14. The Morgan fingerprint density at radius 1 is 1.43 bits per heavy atom. The van der Waals surface area contributed by atoms with Gasteiger partial charge in [0.25, 0.3) is 0 Å². The van der Waals surface area contributed by atoms with Crippen LogP contribution in [0.4, 0.5) is 10.1 Å². The van der Waals surface area contributed by atoms with Crippen LogP contribution in [0.1, 0.15) is 28.8 Å². The van der Waals surface area contributed by atoms with Crippen molar-refractivity contribution in [2.24, 2.45) is 0 Å². The third-order valence-corrected chi connectivity index (χ3v) is 5.03. The second kappa shape index (κ2) is 5.77. The molecule has 1 saturated carbocycles. The molecule has 0 amide bonds. The molecule has 2 aromatic rings. The van der Waals surface area contributed by atoms with E-state index in [1.165, 1.54) is 6.07 Å². The molecule has 6 heteroatoms. The highest BCUT2D eigenvalue weighted by molar-refractivity contribution is 9.10. The van der Waals surface area contributed by atoms with E-state index in [1.54, 1.807) is 17.4 Å². The molecule has 110 valence electrons. The van der Waals surface area contributed by atoms with Crippen LogP contribution in [-0.2, 0) is 6.54 Å². The first-order chi connectivity index (χ1) is 10.1. The van der Waals surface area contributed by atoms with Crippen LogP contribution in [0, 0.1) is 5.82 Å². The van der Waals surface area contributed by atoms with Crippen LogP contribution in [-0.4, -0.2) is 17.1 Å². The number of anilines is 1. The fourth-order valence-corrected chi connectivity index (χ4v) is 3.47. The third kappa shape index (κ3) is 2.96. The van der Waals surface area contributed by atoms with Gasteiger partial charge in [-0.1, -0.05) is 0 Å². The van der Waals surface area contributed by atoms with Crippen molar-refractivity contribution in [1.29, 1.82) is 0 Å². The van der Waals surface area contributed by atoms with E-state index in [0.717, 1.165) is 18.4 Å². The molecule has 0 saturated heterocycles. The fraction of sp³-hybridized carbons (Fsp3) is 0.267. The molecule has 1 aromatic heterocycles. The zero-order valence-electron chi connectivity index (χ0n) is 11.1. The summed E-state index contributed by atoms with van der Waals surface area (Å²) in [7, 11) is 0. The number of hydrogen-bond donors (Lipinski definition) is 1. The van der Waals surface area contributed by atoms with E-state index < -0.39 is 11.8 Å². The molecular weight excluding hydrogens is 357 g/mol. The third-order valence-electron chi connectivity index (χ3n) is 3.52. The highest BCUT2D eigenvalue weighted by Gasteiger charge is 2.32. The topological polar surface area (TPSA) is 40.5 Å². The maximum Gasteiger partial charge on any atom is 0.336 e. The summed E-state index contributed by atoms with van der Waals surface area (Å²) in [6, 6.07) is 5.38. The van der Waals surface area contributed by atoms with Crippen LogP contribution >= 0.6 is 27.3 Å². The van der Waals surface area contributed by atoms with Gasteiger partial charge in [-0.05, 0) is 63.3 Å². The lowest BCUT2D eigenvalue weighted by Gasteiger charge is -2.25. The Morgan fingerprint density at radius 3 is 2.76 bits per heavy atom. The number of carboxylic acid groups (broad SMARTS) is 1. The van der Waals surface area contributed by atoms with Crippen molar-refractivity contribution >= 4 is 38.9 Å². The van der Waals surface area contributed by atoms with E-state index in [1.807, 2.05) is 21.7 Å². The second-order valence-electron chi connectivity index (χ2n) is 5.06. The van der Waals surface area contributed by atoms with Gasteiger partial charge in [-0.25, -0.2) is 9.18 Å². The van der Waals surface area contributed by atoms with E-state index in [0.29, 0.717) is 18.3 Å². The quantitative estimate of drug-likeness (QED) is 0.842. The van der Waals surface area contributed by atoms with Gasteiger partial charge in [0.05, 0.1) is 15.7 Å². The molecule has 1 aliphatic rings. The summed E-state index contributed by atoms with van der Waals surface area (Å²) in [5.41, 5.74) is 1.55. The summed E-state index contributed by atoms with van der Waals surface area (Å²) in [5.74, 6) is -1.64. The SMILES string of the molecule is O=C(O)c1ccc(N(Cc2ccsc2)C2CC2)c(F)c1Br. The molecule has 0 radical (unpaired) electrons. The van der Waals surface area contributed by atoms with Crippen molar-refractivity contribution in [2.75, 3.05) is 4.90 Å². The lowest BCUT2D eigenvalue weighted by molar-refractivity contribution is 0.0695. The summed E-state index contributed by atoms with van der Waals surface area (Å²) in [5, 5.41) is 13.1. The van der Waals surface area contributed by atoms with Crippen LogP contribution in [0.15, 0.2) is 33.4 Å². The average molecular weight is 370 g/mol. The lowest BCUT2D eigenvalue weighted by atomic mass is 10.1. The first-order valence-electron chi connectivity index (χ1n) is 6.57. The minimum absolute atomic E-state index is 0.0171. The van der Waals surface area contributed by atoms with Crippen LogP contribution in [0.2, 0.25) is 0 Å². The molecular formula is C15H13BrFNO2S. The molecule has 0 spiro atoms. The normalized spacial score (nSPS) is 14.2. The smallest absolute Gasteiger partial charge is 0.336 e. The molecule has 1 fully saturated rings. The van der Waals surface area contributed by atoms with Gasteiger partial charge >= 0.3 is 5.97 Å². The maximum atomic E-state index is 14.5. The van der Waals surface area contributed by atoms with Crippen molar-refractivity contribution in [3.63, 3.8) is 0 Å². The van der Waals surface area contributed by atoms with Crippen molar-refractivity contribution in [1.82, 2.24) is 0 Å². The summed E-state index contributed by atoms with van der Waals surface area (Å²) in [6.07, 6.45) is 2.09. The zero-order chi connectivity index (χ0) is 15.0. The van der Waals surface area contributed by atoms with Crippen molar-refractivity contribution in [3.05, 3.63) is 50.4 Å². The molecule has 0 unspecified atom stereocenters. The van der Waals surface area contributed by atoms with E-state index in [-0.39, 0.29) is 10.0 Å². The van der Waals surface area contributed by atoms with E-state index in [4.69, 9.17) is 5.11 Å². The molecule has 3 rings (SSSR count). The Kier molecular flexibility index (Phi) is 3.99. The number of thiophene rings is 1. The predicted molar refractivity (Wildman–Crippen MR) is 84.6 cm³/mol. The van der Waals surface area contributed by atoms with Gasteiger partial charge in [-0.3, -0.25) is 0 Å². The number of rotatable bonds is 5. The van der Waals surface area contributed by atoms with E-state index in [9.17, 15) is 9.18 Å². The molecule has 3 nitrogen and oxygen atoms in total. The molecule has 1 aliphatic carbocycles. The van der Waals surface area contributed by atoms with Gasteiger partial charge in [0, 0.05) is 12.6 Å². The number of carbonyl (C=O) groups is 1. The Morgan fingerprint density at radius 2 is 2.19 bits per heavy atom. The number of nitrogens with zero attached hydrogens (tertiary/aromatic N) is 1. The monoisotopic (exact) mass is 369 g/mol. The summed E-state index contributed by atoms with van der Waals surface area (Å²) in [4.78, 5) is 13.1. The Hall–Kier alpha value is -1.40. The van der Waals surface area contributed by atoms with Gasteiger partial charge in [-0.2, -0.15) is 11.3 Å². The first-order valence-corrected chi connectivity index (χ1v) is 8.30. The Bertz CT molecular complexity index is 671. The largest absolute Gasteiger partial charge is 0.478 e. The maximum absolute atomic E-state index is 14.5. The van der Waals surface area contributed by atoms with Gasteiger partial charge in [0.2, 0.25) is 0 Å². The van der Waals surface area contributed by atoms with Gasteiger partial charge < -0.3 is 10.0 Å². The Balaban J connectivity index is 1.96. The van der Waals surface area contributed by atoms with E-state index in [2.05, 4.69) is 15.9 Å². The number of carboxylic acids is 1. The van der Waals surface area contributed by atoms with Gasteiger partial charge in [0.15, 0.2) is 5.82 Å². The number of hydrogen-bond acceptors (Lipinski definition) is 3. The van der Waals surface area contributed by atoms with Crippen LogP contribution in [0.3, 0.4) is 0 Å². The summed E-state index contributed by atoms with van der Waals surface area (Å²) in [6.45, 7) is 0.643. The summed E-state index contributed by atoms with van der Waals surface area (Å²) >= 11 is 4.68. The lowest BCUT2D eigenvalue weighted by Crippen LogP contribution is -2.26. The van der Waals surface area contributed by atoms with Crippen molar-refractivity contribution in [3.8, 4) is 0 Å². The van der Waals surface area contributed by atoms with Gasteiger partial charge in [0.1, 0.15) is 0 Å². The molecule has 1 heterocycles. The number of aromatic carboxylic acids is 1. The van der Waals surface area contributed by atoms with Crippen LogP contribution < -0.4 is 4.90 Å². The minimum Gasteiger partial charge on any atom is -0.478 e. The molecule has 0 bridgehead atoms. The highest BCUT2D eigenvalue weighted by Crippen LogP contribution is 2.37. The summed E-state index contributed by atoms with van der Waals surface area (Å²) < 4.78 is 14.6. The fourth-order valence-electron chi connectivity index (χ4n) is 2.30. The predicted octanol–water partition coefficient (Wildman–Crippen LogP) is 4.52. The second-order valence-corrected chi connectivity index (χ2v) is 6.63. The number of halogens is 2. The number of benzene rings is 1. The average Bonchev–Trinajstić information content (AvgIpc) is 3.16. The zero-order valence-corrected chi connectivity index (χ0v) is 13.5. The molecule has 0 atom stereocenters.